The van der Waals surface area contributed by atoms with Crippen LogP contribution in [0.1, 0.15) is 35.0 Å². The number of para-hydroxylation sites is 1. The zero-order valence-corrected chi connectivity index (χ0v) is 15.5. The molecule has 0 amide bonds. The smallest absolute Gasteiger partial charge is 0.352 e. The Balaban J connectivity index is 1.39. The number of carbonyl (C=O) groups excluding carboxylic acids is 1. The number of ether oxygens (including phenoxy) is 1. The standard InChI is InChI=1S/C17H17N2O8P/c20-8-12-7-19(17(22)18-16(12)21)15-6-5-13(26-15)10-25-28(23)24-9-11-3-1-2-4-14(11)27-28/h1-4,7-8,13,15,23H,5-6,9-10H2/p+1. The van der Waals surface area contributed by atoms with Gasteiger partial charge in [-0.3, -0.25) is 23.7 Å². The molecule has 0 aliphatic carbocycles. The molecule has 28 heavy (non-hydrogen) atoms. The lowest BCUT2D eigenvalue weighted by Gasteiger charge is -2.22. The number of nitrogens with one attached hydrogen (secondary N) is 1. The number of benzene rings is 1. The third kappa shape index (κ3) is 3.78. The minimum Gasteiger partial charge on any atom is -0.352 e. The summed E-state index contributed by atoms with van der Waals surface area (Å²) < 4.78 is 23.3. The predicted octanol–water partition coefficient (Wildman–Crippen LogP) is 1.32. The van der Waals surface area contributed by atoms with E-state index in [9.17, 15) is 19.3 Å². The number of fused-ring (bicyclic) bond motifs is 1. The number of hydrogen-bond acceptors (Lipinski definition) is 8. The van der Waals surface area contributed by atoms with Crippen molar-refractivity contribution in [2.75, 3.05) is 6.61 Å². The minimum absolute atomic E-state index is 0.00157. The van der Waals surface area contributed by atoms with Crippen molar-refractivity contribution < 1.29 is 28.0 Å². The highest BCUT2D eigenvalue weighted by molar-refractivity contribution is 7.55. The van der Waals surface area contributed by atoms with Crippen molar-refractivity contribution in [2.24, 2.45) is 0 Å². The molecule has 2 aliphatic rings. The lowest BCUT2D eigenvalue weighted by atomic mass is 10.2. The molecule has 3 heterocycles. The Morgan fingerprint density at radius 3 is 2.96 bits per heavy atom. The first-order valence-electron chi connectivity index (χ1n) is 8.62. The van der Waals surface area contributed by atoms with E-state index in [1.165, 1.54) is 10.8 Å². The molecule has 0 saturated carbocycles. The Bertz CT molecular complexity index is 1010. The van der Waals surface area contributed by atoms with Gasteiger partial charge in [-0.25, -0.2) is 4.79 Å². The summed E-state index contributed by atoms with van der Waals surface area (Å²) in [7, 11) is -3.51. The van der Waals surface area contributed by atoms with Crippen molar-refractivity contribution in [3.8, 4) is 5.75 Å². The Morgan fingerprint density at radius 2 is 2.14 bits per heavy atom. The number of nitrogens with zero attached hydrogens (tertiary/aromatic N) is 1. The second-order valence-electron chi connectivity index (χ2n) is 6.40. The third-order valence-corrected chi connectivity index (χ3v) is 5.87. The molecule has 1 fully saturated rings. The van der Waals surface area contributed by atoms with Gasteiger partial charge in [0, 0.05) is 11.8 Å². The second kappa shape index (κ2) is 7.57. The number of aromatic nitrogens is 2. The lowest BCUT2D eigenvalue weighted by Crippen LogP contribution is -2.34. The minimum atomic E-state index is -3.51. The molecular weight excluding hydrogens is 391 g/mol. The first-order valence-corrected chi connectivity index (χ1v) is 10.1. The van der Waals surface area contributed by atoms with Crippen LogP contribution in [0, 0.1) is 0 Å². The van der Waals surface area contributed by atoms with Crippen LogP contribution in [0.15, 0.2) is 40.1 Å². The summed E-state index contributed by atoms with van der Waals surface area (Å²) in [5.41, 5.74) is -0.751. The number of aromatic amines is 1. The number of hydrogen-bond donors (Lipinski definition) is 2. The van der Waals surface area contributed by atoms with Crippen LogP contribution in [0.3, 0.4) is 0 Å². The Morgan fingerprint density at radius 1 is 1.32 bits per heavy atom. The molecule has 148 valence electrons. The van der Waals surface area contributed by atoms with E-state index in [4.69, 9.17) is 18.3 Å². The van der Waals surface area contributed by atoms with E-state index in [2.05, 4.69) is 4.98 Å². The van der Waals surface area contributed by atoms with E-state index in [-0.39, 0.29) is 18.8 Å². The Kier molecular flexibility index (Phi) is 5.13. The predicted molar refractivity (Wildman–Crippen MR) is 96.8 cm³/mol. The number of carbonyl (C=O) groups is 1. The first-order chi connectivity index (χ1) is 13.5. The molecule has 2 aliphatic heterocycles. The van der Waals surface area contributed by atoms with E-state index < -0.39 is 31.8 Å². The van der Waals surface area contributed by atoms with Crippen LogP contribution < -0.4 is 15.8 Å². The Hall–Kier alpha value is -2.36. The summed E-state index contributed by atoms with van der Waals surface area (Å²) in [6, 6.07) is 7.19. The average Bonchev–Trinajstić information content (AvgIpc) is 3.15. The van der Waals surface area contributed by atoms with E-state index in [1.807, 2.05) is 12.1 Å². The van der Waals surface area contributed by atoms with Gasteiger partial charge in [0.25, 0.3) is 5.56 Å². The van der Waals surface area contributed by atoms with Gasteiger partial charge in [0.1, 0.15) is 19.4 Å². The summed E-state index contributed by atoms with van der Waals surface area (Å²) in [6.07, 6.45) is 1.49. The Labute approximate surface area is 159 Å². The van der Waals surface area contributed by atoms with Crippen molar-refractivity contribution in [3.05, 3.63) is 62.4 Å². The monoisotopic (exact) mass is 409 g/mol. The molecule has 3 atom stereocenters. The molecule has 2 N–H and O–H groups in total. The SMILES string of the molecule is O=Cc1cn(C2CCC(CO[P+]3(O)OCc4ccccc4O3)O2)c(=O)[nH]c1=O. The average molecular weight is 409 g/mol. The van der Waals surface area contributed by atoms with Gasteiger partial charge in [0.15, 0.2) is 12.0 Å². The fraction of sp³-hybridized carbons (Fsp3) is 0.353. The van der Waals surface area contributed by atoms with Crippen molar-refractivity contribution >= 4 is 14.5 Å². The van der Waals surface area contributed by atoms with Gasteiger partial charge in [-0.2, -0.15) is 4.89 Å². The first kappa shape index (κ1) is 19.0. The maximum atomic E-state index is 12.0. The lowest BCUT2D eigenvalue weighted by molar-refractivity contribution is -0.0302. The third-order valence-electron chi connectivity index (χ3n) is 4.51. The van der Waals surface area contributed by atoms with Crippen LogP contribution in [-0.2, 0) is 20.4 Å². The summed E-state index contributed by atoms with van der Waals surface area (Å²) in [5, 5.41) is 0. The summed E-state index contributed by atoms with van der Waals surface area (Å²) in [6.45, 7) is 0.178. The molecular formula is C17H18N2O8P+. The van der Waals surface area contributed by atoms with E-state index >= 15 is 0 Å². The highest BCUT2D eigenvalue weighted by Gasteiger charge is 2.51. The van der Waals surface area contributed by atoms with Crippen LogP contribution in [0.5, 0.6) is 5.75 Å². The van der Waals surface area contributed by atoms with Gasteiger partial charge in [-0.15, -0.1) is 9.05 Å². The second-order valence-corrected chi connectivity index (χ2v) is 8.03. The van der Waals surface area contributed by atoms with Gasteiger partial charge in [-0.1, -0.05) is 18.2 Å². The number of rotatable bonds is 5. The van der Waals surface area contributed by atoms with Crippen molar-refractivity contribution in [3.63, 3.8) is 0 Å². The fourth-order valence-electron chi connectivity index (χ4n) is 3.07. The highest BCUT2D eigenvalue weighted by Crippen LogP contribution is 2.61. The van der Waals surface area contributed by atoms with Crippen molar-refractivity contribution in [2.45, 2.75) is 31.8 Å². The fourth-order valence-corrected chi connectivity index (χ4v) is 4.33. The number of aldehydes is 1. The van der Waals surface area contributed by atoms with Crippen molar-refractivity contribution in [1.29, 1.82) is 0 Å². The summed E-state index contributed by atoms with van der Waals surface area (Å²) >= 11 is 0. The topological polar surface area (TPSA) is 129 Å². The zero-order valence-electron chi connectivity index (χ0n) is 14.6. The van der Waals surface area contributed by atoms with E-state index in [0.29, 0.717) is 24.9 Å². The van der Waals surface area contributed by atoms with Gasteiger partial charge in [0.05, 0.1) is 11.7 Å². The molecule has 3 unspecified atom stereocenters. The van der Waals surface area contributed by atoms with Crippen LogP contribution in [0.25, 0.3) is 0 Å². The van der Waals surface area contributed by atoms with Gasteiger partial charge >= 0.3 is 13.9 Å². The van der Waals surface area contributed by atoms with Gasteiger partial charge in [0.2, 0.25) is 0 Å². The normalized spacial score (nSPS) is 26.5. The molecule has 0 spiro atoms. The molecule has 11 heteroatoms. The van der Waals surface area contributed by atoms with Crippen LogP contribution in [0.2, 0.25) is 0 Å². The molecule has 1 saturated heterocycles. The zero-order chi connectivity index (χ0) is 19.7. The molecule has 4 rings (SSSR count). The van der Waals surface area contributed by atoms with Gasteiger partial charge < -0.3 is 4.74 Å². The van der Waals surface area contributed by atoms with Crippen molar-refractivity contribution in [1.82, 2.24) is 9.55 Å². The van der Waals surface area contributed by atoms with Crippen LogP contribution in [0.4, 0.5) is 0 Å². The quantitative estimate of drug-likeness (QED) is 0.559. The van der Waals surface area contributed by atoms with Crippen LogP contribution >= 0.6 is 8.17 Å². The summed E-state index contributed by atoms with van der Waals surface area (Å²) in [5.74, 6) is 0.510. The molecule has 1 aromatic heterocycles. The highest BCUT2D eigenvalue weighted by atomic mass is 31.2. The molecule has 0 radical (unpaired) electrons. The van der Waals surface area contributed by atoms with Gasteiger partial charge in [-0.05, 0) is 18.9 Å². The van der Waals surface area contributed by atoms with E-state index in [0.717, 1.165) is 5.56 Å². The van der Waals surface area contributed by atoms with E-state index in [1.54, 1.807) is 12.1 Å². The molecule has 0 bridgehead atoms. The maximum Gasteiger partial charge on any atom is 0.619 e. The summed E-state index contributed by atoms with van der Waals surface area (Å²) in [4.78, 5) is 46.9. The maximum absolute atomic E-state index is 12.0. The largest absolute Gasteiger partial charge is 0.619 e. The molecule has 10 nitrogen and oxygen atoms in total. The number of H-pyrrole nitrogens is 1. The van der Waals surface area contributed by atoms with Crippen LogP contribution in [-0.4, -0.2) is 33.4 Å². The molecule has 2 aromatic rings. The molecule has 1 aromatic carbocycles.